The fraction of sp³-hybridized carbons (Fsp3) is 0.538. The van der Waals surface area contributed by atoms with E-state index >= 15 is 0 Å². The third kappa shape index (κ3) is 2.98. The van der Waals surface area contributed by atoms with Crippen LogP contribution in [0.25, 0.3) is 6.08 Å². The highest BCUT2D eigenvalue weighted by molar-refractivity contribution is 7.98. The number of halogens is 1. The number of thioether (sulfide) groups is 1. The minimum atomic E-state index is 0.222. The summed E-state index contributed by atoms with van der Waals surface area (Å²) >= 11 is 7.74. The summed E-state index contributed by atoms with van der Waals surface area (Å²) < 4.78 is 0. The van der Waals surface area contributed by atoms with Crippen LogP contribution in [0.15, 0.2) is 11.2 Å². The van der Waals surface area contributed by atoms with Crippen molar-refractivity contribution in [3.8, 4) is 0 Å². The van der Waals surface area contributed by atoms with Crippen LogP contribution in [0, 0.1) is 5.41 Å². The summed E-state index contributed by atoms with van der Waals surface area (Å²) in [5.74, 6) is 0.955. The highest BCUT2D eigenvalue weighted by Crippen LogP contribution is 2.32. The number of hydrogen-bond acceptors (Lipinski definition) is 4. The lowest BCUT2D eigenvalue weighted by molar-refractivity contribution is 0.412. The molecule has 0 unspecified atom stereocenters. The van der Waals surface area contributed by atoms with Crippen LogP contribution in [0.2, 0.25) is 5.15 Å². The van der Waals surface area contributed by atoms with Crippen molar-refractivity contribution in [2.45, 2.75) is 25.9 Å². The van der Waals surface area contributed by atoms with Crippen molar-refractivity contribution >= 4 is 35.3 Å². The Labute approximate surface area is 118 Å². The van der Waals surface area contributed by atoms with Crippen molar-refractivity contribution < 1.29 is 0 Å². The van der Waals surface area contributed by atoms with Gasteiger partial charge >= 0.3 is 0 Å². The van der Waals surface area contributed by atoms with Crippen molar-refractivity contribution in [3.63, 3.8) is 0 Å². The van der Waals surface area contributed by atoms with Crippen LogP contribution >= 0.6 is 23.4 Å². The van der Waals surface area contributed by atoms with E-state index in [0.29, 0.717) is 5.15 Å². The van der Waals surface area contributed by atoms with E-state index < -0.39 is 0 Å². The van der Waals surface area contributed by atoms with Crippen LogP contribution < -0.4 is 4.90 Å². The standard InChI is InChI=1S/C13H18ClN3S/c1-13(2,3)8-17-7-5-6-9-10(14)15-12(18-4)16-11(9)17/h5-6H,7-8H2,1-4H3. The molecule has 0 N–H and O–H groups in total. The van der Waals surface area contributed by atoms with E-state index in [-0.39, 0.29) is 5.41 Å². The number of aromatic nitrogens is 2. The Morgan fingerprint density at radius 1 is 1.39 bits per heavy atom. The van der Waals surface area contributed by atoms with E-state index in [9.17, 15) is 0 Å². The predicted molar refractivity (Wildman–Crippen MR) is 79.5 cm³/mol. The molecule has 98 valence electrons. The molecule has 2 rings (SSSR count). The van der Waals surface area contributed by atoms with Gasteiger partial charge in [-0.15, -0.1) is 0 Å². The summed E-state index contributed by atoms with van der Waals surface area (Å²) in [6.45, 7) is 8.51. The van der Waals surface area contributed by atoms with Crippen molar-refractivity contribution in [1.29, 1.82) is 0 Å². The molecule has 0 saturated carbocycles. The zero-order valence-corrected chi connectivity index (χ0v) is 12.8. The van der Waals surface area contributed by atoms with Gasteiger partial charge < -0.3 is 4.90 Å². The van der Waals surface area contributed by atoms with Crippen LogP contribution in [-0.2, 0) is 0 Å². The first-order chi connectivity index (χ1) is 8.40. The molecule has 5 heteroatoms. The molecule has 1 aliphatic rings. The molecule has 0 radical (unpaired) electrons. The summed E-state index contributed by atoms with van der Waals surface area (Å²) in [6, 6.07) is 0. The maximum absolute atomic E-state index is 6.22. The molecule has 2 heterocycles. The highest BCUT2D eigenvalue weighted by atomic mass is 35.5. The van der Waals surface area contributed by atoms with Crippen LogP contribution in [0.4, 0.5) is 5.82 Å². The molecule has 18 heavy (non-hydrogen) atoms. The van der Waals surface area contributed by atoms with Gasteiger partial charge in [0, 0.05) is 13.1 Å². The van der Waals surface area contributed by atoms with E-state index in [1.807, 2.05) is 12.3 Å². The lowest BCUT2D eigenvalue weighted by Gasteiger charge is -2.33. The third-order valence-corrected chi connectivity index (χ3v) is 3.45. The zero-order chi connectivity index (χ0) is 13.3. The highest BCUT2D eigenvalue weighted by Gasteiger charge is 2.23. The number of anilines is 1. The minimum absolute atomic E-state index is 0.222. The maximum atomic E-state index is 6.22. The normalized spacial score (nSPS) is 14.8. The first kappa shape index (κ1) is 13.7. The summed E-state index contributed by atoms with van der Waals surface area (Å²) in [5, 5.41) is 1.27. The van der Waals surface area contributed by atoms with Gasteiger partial charge in [-0.25, -0.2) is 9.97 Å². The van der Waals surface area contributed by atoms with E-state index in [4.69, 9.17) is 11.6 Å². The first-order valence-corrected chi connectivity index (χ1v) is 7.54. The fourth-order valence-corrected chi connectivity index (χ4v) is 2.62. The van der Waals surface area contributed by atoms with Crippen molar-refractivity contribution in [3.05, 3.63) is 16.8 Å². The Morgan fingerprint density at radius 3 is 2.72 bits per heavy atom. The summed E-state index contributed by atoms with van der Waals surface area (Å²) in [7, 11) is 0. The van der Waals surface area contributed by atoms with Gasteiger partial charge in [-0.1, -0.05) is 56.3 Å². The Hall–Kier alpha value is -0.740. The minimum Gasteiger partial charge on any atom is -0.352 e. The molecule has 1 aliphatic heterocycles. The maximum Gasteiger partial charge on any atom is 0.190 e. The van der Waals surface area contributed by atoms with Crippen molar-refractivity contribution in [2.75, 3.05) is 24.2 Å². The predicted octanol–water partition coefficient (Wildman–Crippen LogP) is 3.73. The van der Waals surface area contributed by atoms with Gasteiger partial charge in [0.15, 0.2) is 5.16 Å². The van der Waals surface area contributed by atoms with E-state index in [1.54, 1.807) is 0 Å². The monoisotopic (exact) mass is 283 g/mol. The molecule has 1 aromatic heterocycles. The van der Waals surface area contributed by atoms with Gasteiger partial charge in [-0.05, 0) is 11.7 Å². The zero-order valence-electron chi connectivity index (χ0n) is 11.2. The van der Waals surface area contributed by atoms with E-state index in [1.165, 1.54) is 11.8 Å². The van der Waals surface area contributed by atoms with Gasteiger partial charge in [0.2, 0.25) is 0 Å². The van der Waals surface area contributed by atoms with Crippen LogP contribution in [0.1, 0.15) is 26.3 Å². The van der Waals surface area contributed by atoms with Gasteiger partial charge in [0.05, 0.1) is 5.56 Å². The molecule has 0 aromatic carbocycles. The molecule has 3 nitrogen and oxygen atoms in total. The molecule has 0 atom stereocenters. The summed E-state index contributed by atoms with van der Waals surface area (Å²) in [5.41, 5.74) is 1.16. The van der Waals surface area contributed by atoms with Crippen LogP contribution in [-0.4, -0.2) is 29.3 Å². The fourth-order valence-electron chi connectivity index (χ4n) is 1.98. The van der Waals surface area contributed by atoms with E-state index in [0.717, 1.165) is 29.6 Å². The Kier molecular flexibility index (Phi) is 3.87. The lowest BCUT2D eigenvalue weighted by atomic mass is 9.95. The summed E-state index contributed by atoms with van der Waals surface area (Å²) in [4.78, 5) is 11.1. The van der Waals surface area contributed by atoms with E-state index in [2.05, 4.69) is 41.7 Å². The van der Waals surface area contributed by atoms with Crippen LogP contribution in [0.5, 0.6) is 0 Å². The molecule has 0 bridgehead atoms. The lowest BCUT2D eigenvalue weighted by Crippen LogP contribution is -2.35. The Morgan fingerprint density at radius 2 is 2.11 bits per heavy atom. The molecule has 0 amide bonds. The number of hydrogen-bond donors (Lipinski definition) is 0. The molecular weight excluding hydrogens is 266 g/mol. The second kappa shape index (κ2) is 5.10. The molecule has 0 saturated heterocycles. The van der Waals surface area contributed by atoms with Crippen molar-refractivity contribution in [2.24, 2.45) is 5.41 Å². The van der Waals surface area contributed by atoms with Gasteiger partial charge in [0.1, 0.15) is 11.0 Å². The quantitative estimate of drug-likeness (QED) is 0.470. The van der Waals surface area contributed by atoms with Crippen LogP contribution in [0.3, 0.4) is 0 Å². The first-order valence-electron chi connectivity index (χ1n) is 5.94. The van der Waals surface area contributed by atoms with Gasteiger partial charge in [-0.3, -0.25) is 0 Å². The third-order valence-electron chi connectivity index (χ3n) is 2.62. The number of fused-ring (bicyclic) bond motifs is 1. The van der Waals surface area contributed by atoms with Gasteiger partial charge in [0.25, 0.3) is 0 Å². The largest absolute Gasteiger partial charge is 0.352 e. The topological polar surface area (TPSA) is 29.0 Å². The van der Waals surface area contributed by atoms with Crippen molar-refractivity contribution in [1.82, 2.24) is 9.97 Å². The Bertz CT molecular complexity index is 480. The molecular formula is C13H18ClN3S. The summed E-state index contributed by atoms with van der Waals surface area (Å²) in [6.07, 6.45) is 6.09. The molecule has 0 aliphatic carbocycles. The van der Waals surface area contributed by atoms with Gasteiger partial charge in [-0.2, -0.15) is 0 Å². The number of nitrogens with zero attached hydrogens (tertiary/aromatic N) is 3. The Balaban J connectivity index is 2.42. The molecule has 1 aromatic rings. The second-order valence-corrected chi connectivity index (χ2v) is 6.71. The molecule has 0 fully saturated rings. The number of rotatable bonds is 2. The smallest absolute Gasteiger partial charge is 0.190 e. The second-order valence-electron chi connectivity index (χ2n) is 5.58. The molecule has 0 spiro atoms. The SMILES string of the molecule is CSc1nc(Cl)c2c(n1)N(CC(C)(C)C)CC=C2. The average Bonchev–Trinajstić information content (AvgIpc) is 2.28. The average molecular weight is 284 g/mol.